The molecule has 0 bridgehead atoms. The van der Waals surface area contributed by atoms with Crippen molar-refractivity contribution in [2.45, 2.75) is 47.1 Å². The highest BCUT2D eigenvalue weighted by atomic mass is 33.1. The van der Waals surface area contributed by atoms with E-state index in [1.54, 1.807) is 28.5 Å². The zero-order valence-corrected chi connectivity index (χ0v) is 15.6. The molecule has 0 rings (SSSR count). The average molecular weight is 350 g/mol. The summed E-state index contributed by atoms with van der Waals surface area (Å²) in [4.78, 5) is 34.2. The monoisotopic (exact) mass is 349 g/mol. The van der Waals surface area contributed by atoms with Gasteiger partial charge in [-0.05, 0) is 19.8 Å². The summed E-state index contributed by atoms with van der Waals surface area (Å²) >= 11 is 0. The highest BCUT2D eigenvalue weighted by Gasteiger charge is 2.22. The quantitative estimate of drug-likeness (QED) is 0.351. The summed E-state index contributed by atoms with van der Waals surface area (Å²) in [5, 5.41) is 2.92. The van der Waals surface area contributed by atoms with Gasteiger partial charge in [0.25, 0.3) is 0 Å². The Hall–Kier alpha value is -0.690. The van der Waals surface area contributed by atoms with E-state index in [2.05, 4.69) is 19.2 Å². The molecule has 0 aliphatic rings. The molecule has 22 heavy (non-hydrogen) atoms. The summed E-state index contributed by atoms with van der Waals surface area (Å²) < 4.78 is 5.00. The SMILES string of the molecule is CCOC(=O)[C@H](CSSC[C@H](NC(C)=O)C(C)C)CC(C)=O. The normalized spacial score (nSPS) is 13.5. The van der Waals surface area contributed by atoms with Crippen molar-refractivity contribution in [1.29, 1.82) is 0 Å². The Morgan fingerprint density at radius 3 is 2.14 bits per heavy atom. The van der Waals surface area contributed by atoms with Gasteiger partial charge in [0, 0.05) is 30.9 Å². The molecule has 0 saturated carbocycles. The molecular formula is C15H27NO4S2. The number of ether oxygens (including phenoxy) is 1. The third-order valence-corrected chi connectivity index (χ3v) is 5.46. The van der Waals surface area contributed by atoms with E-state index in [0.29, 0.717) is 18.3 Å². The summed E-state index contributed by atoms with van der Waals surface area (Å²) in [5.41, 5.74) is 0. The topological polar surface area (TPSA) is 72.5 Å². The maximum absolute atomic E-state index is 11.8. The van der Waals surface area contributed by atoms with Crippen LogP contribution in [-0.2, 0) is 19.1 Å². The van der Waals surface area contributed by atoms with Crippen LogP contribution in [0.4, 0.5) is 0 Å². The van der Waals surface area contributed by atoms with Crippen molar-refractivity contribution in [2.24, 2.45) is 11.8 Å². The van der Waals surface area contributed by atoms with Gasteiger partial charge in [0.1, 0.15) is 5.78 Å². The number of carbonyl (C=O) groups is 3. The van der Waals surface area contributed by atoms with Gasteiger partial charge in [-0.1, -0.05) is 35.4 Å². The van der Waals surface area contributed by atoms with Crippen molar-refractivity contribution < 1.29 is 19.1 Å². The van der Waals surface area contributed by atoms with Gasteiger partial charge in [-0.3, -0.25) is 9.59 Å². The van der Waals surface area contributed by atoms with Gasteiger partial charge in [-0.25, -0.2) is 0 Å². The van der Waals surface area contributed by atoms with Crippen molar-refractivity contribution in [3.63, 3.8) is 0 Å². The van der Waals surface area contributed by atoms with Gasteiger partial charge in [0.2, 0.25) is 5.91 Å². The zero-order chi connectivity index (χ0) is 17.1. The maximum Gasteiger partial charge on any atom is 0.310 e. The predicted molar refractivity (Wildman–Crippen MR) is 92.8 cm³/mol. The van der Waals surface area contributed by atoms with Crippen molar-refractivity contribution in [3.8, 4) is 0 Å². The summed E-state index contributed by atoms with van der Waals surface area (Å²) in [6, 6.07) is 0.101. The Labute approximate surface area is 141 Å². The molecule has 1 amide bonds. The van der Waals surface area contributed by atoms with Crippen LogP contribution in [-0.4, -0.2) is 41.8 Å². The fourth-order valence-electron chi connectivity index (χ4n) is 1.73. The van der Waals surface area contributed by atoms with E-state index < -0.39 is 5.92 Å². The van der Waals surface area contributed by atoms with E-state index in [-0.39, 0.29) is 30.1 Å². The lowest BCUT2D eigenvalue weighted by atomic mass is 10.1. The highest BCUT2D eigenvalue weighted by Crippen LogP contribution is 2.28. The standard InChI is InChI=1S/C15H27NO4S2/c1-6-20-15(19)13(7-11(4)17)8-21-22-9-14(10(2)3)16-12(5)18/h10,13-14H,6-9H2,1-5H3,(H,16,18)/t13-,14-/m0/s1. The first kappa shape index (κ1) is 21.3. The number of carbonyl (C=O) groups excluding carboxylic acids is 3. The molecule has 0 fully saturated rings. The number of nitrogens with one attached hydrogen (secondary N) is 1. The molecule has 0 radical (unpaired) electrons. The number of hydrogen-bond donors (Lipinski definition) is 1. The van der Waals surface area contributed by atoms with E-state index in [9.17, 15) is 14.4 Å². The Balaban J connectivity index is 4.27. The minimum atomic E-state index is -0.395. The molecule has 7 heteroatoms. The summed E-state index contributed by atoms with van der Waals surface area (Å²) in [6.45, 7) is 9.19. The molecule has 1 N–H and O–H groups in total. The molecule has 0 aliphatic heterocycles. The van der Waals surface area contributed by atoms with Crippen molar-refractivity contribution >= 4 is 39.2 Å². The second-order valence-electron chi connectivity index (χ2n) is 5.48. The summed E-state index contributed by atoms with van der Waals surface area (Å²) in [7, 11) is 3.15. The molecule has 0 aromatic rings. The van der Waals surface area contributed by atoms with E-state index >= 15 is 0 Å². The Bertz CT molecular complexity index is 375. The van der Waals surface area contributed by atoms with E-state index in [4.69, 9.17) is 4.74 Å². The largest absolute Gasteiger partial charge is 0.466 e. The first-order valence-electron chi connectivity index (χ1n) is 7.45. The molecule has 0 spiro atoms. The molecule has 0 saturated heterocycles. The van der Waals surface area contributed by atoms with E-state index in [1.807, 2.05) is 0 Å². The third-order valence-electron chi connectivity index (χ3n) is 2.95. The molecule has 2 atom stereocenters. The number of rotatable bonds is 11. The molecule has 0 heterocycles. The van der Waals surface area contributed by atoms with Gasteiger partial charge < -0.3 is 14.8 Å². The van der Waals surface area contributed by atoms with Gasteiger partial charge in [-0.15, -0.1) is 0 Å². The minimum Gasteiger partial charge on any atom is -0.466 e. The van der Waals surface area contributed by atoms with Gasteiger partial charge >= 0.3 is 5.97 Å². The molecule has 5 nitrogen and oxygen atoms in total. The van der Waals surface area contributed by atoms with Crippen LogP contribution in [0.5, 0.6) is 0 Å². The van der Waals surface area contributed by atoms with Crippen molar-refractivity contribution in [3.05, 3.63) is 0 Å². The lowest BCUT2D eigenvalue weighted by molar-refractivity contribution is -0.148. The van der Waals surface area contributed by atoms with Crippen LogP contribution >= 0.6 is 21.6 Å². The molecule has 0 aromatic carbocycles. The molecule has 0 unspecified atom stereocenters. The number of hydrogen-bond acceptors (Lipinski definition) is 6. The first-order chi connectivity index (χ1) is 10.3. The summed E-state index contributed by atoms with van der Waals surface area (Å²) in [5.74, 6) is 0.884. The van der Waals surface area contributed by atoms with E-state index in [1.165, 1.54) is 13.8 Å². The lowest BCUT2D eigenvalue weighted by Crippen LogP contribution is -2.38. The number of amides is 1. The first-order valence-corrected chi connectivity index (χ1v) is 9.94. The Kier molecular flexibility index (Phi) is 11.5. The molecule has 0 aliphatic carbocycles. The molecule has 0 aromatic heterocycles. The van der Waals surface area contributed by atoms with Crippen LogP contribution in [0.15, 0.2) is 0 Å². The lowest BCUT2D eigenvalue weighted by Gasteiger charge is -2.21. The molecule has 128 valence electrons. The smallest absolute Gasteiger partial charge is 0.310 e. The average Bonchev–Trinajstić information content (AvgIpc) is 2.39. The number of Topliss-reactive ketones (excluding diaryl/α,β-unsaturated/α-hetero) is 1. The van der Waals surface area contributed by atoms with Crippen LogP contribution in [0.25, 0.3) is 0 Å². The van der Waals surface area contributed by atoms with Gasteiger partial charge in [0.15, 0.2) is 0 Å². The van der Waals surface area contributed by atoms with Crippen LogP contribution in [0.1, 0.15) is 41.0 Å². The van der Waals surface area contributed by atoms with Crippen molar-refractivity contribution in [2.75, 3.05) is 18.1 Å². The van der Waals surface area contributed by atoms with Crippen LogP contribution in [0.3, 0.4) is 0 Å². The zero-order valence-electron chi connectivity index (χ0n) is 14.0. The fraction of sp³-hybridized carbons (Fsp3) is 0.800. The Morgan fingerprint density at radius 1 is 1.09 bits per heavy atom. The maximum atomic E-state index is 11.8. The second-order valence-corrected chi connectivity index (χ2v) is 8.03. The minimum absolute atomic E-state index is 0.0121. The number of ketones is 1. The highest BCUT2D eigenvalue weighted by molar-refractivity contribution is 8.76. The van der Waals surface area contributed by atoms with Gasteiger partial charge in [0.05, 0.1) is 12.5 Å². The summed E-state index contributed by atoms with van der Waals surface area (Å²) in [6.07, 6.45) is 0.214. The molecular weight excluding hydrogens is 322 g/mol. The van der Waals surface area contributed by atoms with Crippen LogP contribution < -0.4 is 5.32 Å². The van der Waals surface area contributed by atoms with Crippen LogP contribution in [0.2, 0.25) is 0 Å². The van der Waals surface area contributed by atoms with E-state index in [0.717, 1.165) is 5.75 Å². The second kappa shape index (κ2) is 11.8. The van der Waals surface area contributed by atoms with Gasteiger partial charge in [-0.2, -0.15) is 0 Å². The fourth-order valence-corrected chi connectivity index (χ4v) is 4.47. The third kappa shape index (κ3) is 10.1. The predicted octanol–water partition coefficient (Wildman–Crippen LogP) is 2.69. The Morgan fingerprint density at radius 2 is 1.68 bits per heavy atom. The van der Waals surface area contributed by atoms with Crippen LogP contribution in [0, 0.1) is 11.8 Å². The number of esters is 1. The van der Waals surface area contributed by atoms with Crippen molar-refractivity contribution in [1.82, 2.24) is 5.32 Å².